The van der Waals surface area contributed by atoms with E-state index in [-0.39, 0.29) is 59.9 Å². The molecule has 3 rings (SSSR count). The monoisotopic (exact) mass is 710 g/mol. The third-order valence-electron chi connectivity index (χ3n) is 8.49. The molecule has 0 amide bonds. The Morgan fingerprint density at radius 3 is 2.10 bits per heavy atom. The molecule has 10 heteroatoms. The summed E-state index contributed by atoms with van der Waals surface area (Å²) < 4.78 is 82.4. The summed E-state index contributed by atoms with van der Waals surface area (Å²) in [6.07, 6.45) is -1.46. The maximum Gasteiger partial charge on any atom is 0.417 e. The number of hydrogen-bond donors (Lipinski definition) is 0. The van der Waals surface area contributed by atoms with E-state index in [1.54, 1.807) is 24.3 Å². The number of aryl methyl sites for hydroxylation is 1. The van der Waals surface area contributed by atoms with Crippen LogP contribution in [0, 0.1) is 16.7 Å². The number of alkyl halides is 5. The highest BCUT2D eigenvalue weighted by atomic mass is 32.1. The molecule has 4 nitrogen and oxygen atoms in total. The van der Waals surface area contributed by atoms with Gasteiger partial charge in [-0.3, -0.25) is 9.59 Å². The zero-order valence-corrected chi connectivity index (χ0v) is 30.6. The van der Waals surface area contributed by atoms with E-state index in [2.05, 4.69) is 20.8 Å². The predicted molar refractivity (Wildman–Crippen MR) is 189 cm³/mol. The minimum atomic E-state index is -4.62. The van der Waals surface area contributed by atoms with Crippen LogP contribution >= 0.6 is 11.3 Å². The molecule has 0 aliphatic heterocycles. The largest absolute Gasteiger partial charge is 0.494 e. The number of ether oxygens (including phenoxy) is 2. The summed E-state index contributed by atoms with van der Waals surface area (Å²) in [6.45, 7) is 14.1. The number of hydrogen-bond acceptors (Lipinski definition) is 5. The molecule has 0 fully saturated rings. The Morgan fingerprint density at radius 2 is 1.49 bits per heavy atom. The smallest absolute Gasteiger partial charge is 0.417 e. The molecule has 1 atom stereocenters. The Balaban J connectivity index is 1.56. The molecule has 49 heavy (non-hydrogen) atoms. The highest BCUT2D eigenvalue weighted by molar-refractivity contribution is 7.16. The fraction of sp³-hybridized carbons (Fsp3) is 0.590. The number of esters is 1. The molecule has 1 aromatic heterocycles. The number of carbonyl (C=O) groups is 1. The number of benzene rings is 2. The average molecular weight is 711 g/mol. The van der Waals surface area contributed by atoms with Gasteiger partial charge < -0.3 is 9.47 Å². The topological polar surface area (TPSA) is 52.6 Å². The van der Waals surface area contributed by atoms with Crippen molar-refractivity contribution in [2.75, 3.05) is 13.2 Å². The second-order valence-electron chi connectivity index (χ2n) is 15.2. The van der Waals surface area contributed by atoms with Crippen LogP contribution in [-0.4, -0.2) is 25.1 Å². The zero-order valence-electron chi connectivity index (χ0n) is 29.8. The van der Waals surface area contributed by atoms with E-state index in [0.29, 0.717) is 34.2 Å². The van der Waals surface area contributed by atoms with E-state index in [9.17, 15) is 31.5 Å². The van der Waals surface area contributed by atoms with Crippen molar-refractivity contribution in [2.45, 2.75) is 118 Å². The Kier molecular flexibility index (Phi) is 13.9. The van der Waals surface area contributed by atoms with Gasteiger partial charge in [-0.05, 0) is 89.8 Å². The number of unbranched alkanes of at least 4 members (excludes halogenated alkanes) is 2. The van der Waals surface area contributed by atoms with Gasteiger partial charge in [-0.15, -0.1) is 0 Å². The molecular weight excluding hydrogens is 659 g/mol. The summed E-state index contributed by atoms with van der Waals surface area (Å²) in [5.74, 6) is -3.26. The third kappa shape index (κ3) is 12.7. The van der Waals surface area contributed by atoms with Gasteiger partial charge in [-0.25, -0.2) is 8.78 Å². The third-order valence-corrected chi connectivity index (χ3v) is 9.47. The van der Waals surface area contributed by atoms with Crippen LogP contribution < -0.4 is 9.48 Å². The van der Waals surface area contributed by atoms with Crippen molar-refractivity contribution < 1.29 is 36.2 Å². The van der Waals surface area contributed by atoms with E-state index in [1.807, 2.05) is 27.7 Å². The van der Waals surface area contributed by atoms with Gasteiger partial charge in [-0.1, -0.05) is 84.8 Å². The second kappa shape index (κ2) is 16.8. The molecule has 1 unspecified atom stereocenters. The average Bonchev–Trinajstić information content (AvgIpc) is 2.98. The van der Waals surface area contributed by atoms with Crippen LogP contribution in [0.4, 0.5) is 22.0 Å². The van der Waals surface area contributed by atoms with Crippen molar-refractivity contribution in [2.24, 2.45) is 16.7 Å². The van der Waals surface area contributed by atoms with Crippen LogP contribution in [0.3, 0.4) is 0 Å². The molecule has 0 spiro atoms. The summed E-state index contributed by atoms with van der Waals surface area (Å²) in [4.78, 5) is 25.8. The van der Waals surface area contributed by atoms with E-state index in [1.165, 1.54) is 12.1 Å². The maximum absolute atomic E-state index is 14.6. The van der Waals surface area contributed by atoms with Crippen molar-refractivity contribution in [3.8, 4) is 16.9 Å². The molecule has 1 heterocycles. The Labute approximate surface area is 291 Å². The minimum Gasteiger partial charge on any atom is -0.494 e. The van der Waals surface area contributed by atoms with Crippen LogP contribution in [0.1, 0.15) is 111 Å². The Hall–Kier alpha value is -3.01. The van der Waals surface area contributed by atoms with Crippen LogP contribution in [0.15, 0.2) is 47.3 Å². The highest BCUT2D eigenvalue weighted by Crippen LogP contribution is 2.39. The predicted octanol–water partition coefficient (Wildman–Crippen LogP) is 11.9. The van der Waals surface area contributed by atoms with Crippen molar-refractivity contribution in [1.29, 1.82) is 0 Å². The number of carbonyl (C=O) groups excluding carboxylic acids is 1. The number of rotatable bonds is 16. The molecule has 3 aromatic rings. The summed E-state index contributed by atoms with van der Waals surface area (Å²) in [5.41, 5.74) is -0.789. The number of fused-ring (bicyclic) bond motifs is 1. The van der Waals surface area contributed by atoms with E-state index < -0.39 is 35.2 Å². The normalized spacial score (nSPS) is 13.5. The molecule has 2 aromatic carbocycles. The molecule has 0 N–H and O–H groups in total. The molecule has 0 aliphatic carbocycles. The van der Waals surface area contributed by atoms with E-state index in [4.69, 9.17) is 9.47 Å². The lowest BCUT2D eigenvalue weighted by Gasteiger charge is -2.33. The number of halogens is 5. The lowest BCUT2D eigenvalue weighted by Crippen LogP contribution is -2.34. The molecular formula is C39H51F5O4S. The van der Waals surface area contributed by atoms with Crippen LogP contribution in [0.2, 0.25) is 0 Å². The van der Waals surface area contributed by atoms with Gasteiger partial charge in [0.1, 0.15) is 5.75 Å². The summed E-state index contributed by atoms with van der Waals surface area (Å²) in [6, 6.07) is 10.5. The van der Waals surface area contributed by atoms with Crippen molar-refractivity contribution in [3.63, 3.8) is 0 Å². The van der Waals surface area contributed by atoms with Gasteiger partial charge in [0.05, 0.1) is 24.7 Å². The lowest BCUT2D eigenvalue weighted by molar-refractivity contribution is -0.154. The molecule has 0 radical (unpaired) electrons. The first-order chi connectivity index (χ1) is 22.7. The van der Waals surface area contributed by atoms with Crippen molar-refractivity contribution in [1.82, 2.24) is 0 Å². The SMILES string of the molecule is CCCCCc1ccc(-c2cc3ccc(OCCCC(F)(F)CCCOC(=O)C(CC(C)(C)C)C(C)(C)C)cc3sc2=O)c(C(F)(F)F)c1. The van der Waals surface area contributed by atoms with E-state index in [0.717, 1.165) is 36.7 Å². The molecule has 0 aliphatic rings. The molecule has 0 bridgehead atoms. The van der Waals surface area contributed by atoms with Gasteiger partial charge in [-0.2, -0.15) is 13.2 Å². The molecule has 0 saturated heterocycles. The summed E-state index contributed by atoms with van der Waals surface area (Å²) >= 11 is 0.821. The summed E-state index contributed by atoms with van der Waals surface area (Å²) in [7, 11) is 0. The first-order valence-electron chi connectivity index (χ1n) is 17.2. The fourth-order valence-corrected chi connectivity index (χ4v) is 6.67. The van der Waals surface area contributed by atoms with Gasteiger partial charge >= 0.3 is 12.1 Å². The van der Waals surface area contributed by atoms with Crippen LogP contribution in [0.5, 0.6) is 5.75 Å². The first-order valence-corrected chi connectivity index (χ1v) is 18.0. The zero-order chi connectivity index (χ0) is 36.6. The van der Waals surface area contributed by atoms with Crippen LogP contribution in [-0.2, 0) is 22.1 Å². The van der Waals surface area contributed by atoms with Gasteiger partial charge in [0.2, 0.25) is 10.7 Å². The quantitative estimate of drug-likeness (QED) is 0.0844. The lowest BCUT2D eigenvalue weighted by atomic mass is 9.72. The Bertz CT molecular complexity index is 1600. The van der Waals surface area contributed by atoms with Crippen molar-refractivity contribution in [3.05, 3.63) is 63.1 Å². The molecule has 272 valence electrons. The maximum atomic E-state index is 14.6. The summed E-state index contributed by atoms with van der Waals surface area (Å²) in [5, 5.41) is 0.576. The standard InChI is InChI=1S/C39H51F5O4S/c1-8-9-10-13-26-14-17-29(31(22-26)39(42,43)44)30-23-27-15-16-28(24-33(27)49-35(30)46)47-20-11-18-38(40,41)19-12-21-48-34(45)32(37(5,6)7)25-36(2,3)4/h14-17,22-24,32H,8-13,18-21,25H2,1-7H3. The van der Waals surface area contributed by atoms with Crippen molar-refractivity contribution >= 4 is 27.4 Å². The highest BCUT2D eigenvalue weighted by Gasteiger charge is 2.37. The molecule has 0 saturated carbocycles. The van der Waals surface area contributed by atoms with Gasteiger partial charge in [0.15, 0.2) is 0 Å². The van der Waals surface area contributed by atoms with E-state index >= 15 is 0 Å². The van der Waals surface area contributed by atoms with Gasteiger partial charge in [0.25, 0.3) is 0 Å². The van der Waals surface area contributed by atoms with Crippen LogP contribution in [0.25, 0.3) is 21.2 Å². The second-order valence-corrected chi connectivity index (χ2v) is 16.3. The minimum absolute atomic E-state index is 0.0165. The Morgan fingerprint density at radius 1 is 0.816 bits per heavy atom. The fourth-order valence-electron chi connectivity index (χ4n) is 5.77. The first kappa shape index (κ1) is 40.4. The van der Waals surface area contributed by atoms with Gasteiger partial charge in [0, 0.05) is 23.1 Å².